The van der Waals surface area contributed by atoms with Crippen LogP contribution < -0.4 is 0 Å². The van der Waals surface area contributed by atoms with Crippen molar-refractivity contribution in [2.24, 2.45) is 0 Å². The summed E-state index contributed by atoms with van der Waals surface area (Å²) in [4.78, 5) is 0. The Morgan fingerprint density at radius 3 is 1.59 bits per heavy atom. The number of fused-ring (bicyclic) bond motifs is 9. The number of thiophene rings is 1. The third kappa shape index (κ3) is 4.42. The molecule has 0 saturated heterocycles. The molecule has 0 saturated carbocycles. The quantitative estimate of drug-likeness (QED) is 0.183. The standard InChI is InChI=1S/C48H29NOS/c1-3-10-30(11-4-1)32-18-22-42-38(26-32)39-27-33(31-12-5-2-6-13-31)19-23-43(39)49(42)44-16-9-15-37-41-29-35(21-25-47(41)51-48(37)44)34-20-24-46-40(28-34)36-14-7-8-17-45(36)50-46/h1-29H. The molecule has 0 spiro atoms. The number of rotatable bonds is 4. The van der Waals surface area contributed by atoms with Crippen molar-refractivity contribution in [3.63, 3.8) is 0 Å². The van der Waals surface area contributed by atoms with E-state index in [9.17, 15) is 0 Å². The largest absolute Gasteiger partial charge is 0.456 e. The van der Waals surface area contributed by atoms with E-state index >= 15 is 0 Å². The first-order valence-corrected chi connectivity index (χ1v) is 18.1. The molecule has 0 unspecified atom stereocenters. The zero-order valence-corrected chi connectivity index (χ0v) is 28.3. The summed E-state index contributed by atoms with van der Waals surface area (Å²) < 4.78 is 11.2. The number of hydrogen-bond donors (Lipinski definition) is 0. The lowest BCUT2D eigenvalue weighted by Gasteiger charge is -2.10. The summed E-state index contributed by atoms with van der Waals surface area (Å²) in [6, 6.07) is 63.8. The molecular weight excluding hydrogens is 639 g/mol. The topological polar surface area (TPSA) is 18.1 Å². The molecule has 8 aromatic carbocycles. The van der Waals surface area contributed by atoms with E-state index in [2.05, 4.69) is 168 Å². The predicted octanol–water partition coefficient (Wildman–Crippen LogP) is 14.1. The summed E-state index contributed by atoms with van der Waals surface area (Å²) in [6.07, 6.45) is 0. The van der Waals surface area contributed by atoms with Crippen LogP contribution >= 0.6 is 11.3 Å². The van der Waals surface area contributed by atoms with Gasteiger partial charge in [0, 0.05) is 37.0 Å². The van der Waals surface area contributed by atoms with Crippen LogP contribution in [0.4, 0.5) is 0 Å². The van der Waals surface area contributed by atoms with Gasteiger partial charge in [-0.1, -0.05) is 115 Å². The molecule has 3 heterocycles. The molecule has 11 rings (SSSR count). The van der Waals surface area contributed by atoms with Gasteiger partial charge < -0.3 is 8.98 Å². The minimum atomic E-state index is 0.921. The van der Waals surface area contributed by atoms with Gasteiger partial charge in [0.1, 0.15) is 11.2 Å². The van der Waals surface area contributed by atoms with Gasteiger partial charge in [0.05, 0.1) is 21.4 Å². The summed E-state index contributed by atoms with van der Waals surface area (Å²) in [5, 5.41) is 7.38. The molecule has 2 nitrogen and oxygen atoms in total. The fourth-order valence-corrected chi connectivity index (χ4v) is 9.13. The van der Waals surface area contributed by atoms with Gasteiger partial charge in [-0.2, -0.15) is 0 Å². The zero-order chi connectivity index (χ0) is 33.5. The highest BCUT2D eigenvalue weighted by Gasteiger charge is 2.18. The average molecular weight is 668 g/mol. The highest BCUT2D eigenvalue weighted by molar-refractivity contribution is 7.26. The molecule has 3 heteroatoms. The van der Waals surface area contributed by atoms with Crippen molar-refractivity contribution in [1.29, 1.82) is 0 Å². The summed E-state index contributed by atoms with van der Waals surface area (Å²) in [5.41, 5.74) is 12.8. The van der Waals surface area contributed by atoms with Crippen molar-refractivity contribution in [1.82, 2.24) is 4.57 Å². The third-order valence-corrected chi connectivity index (χ3v) is 11.6. The summed E-state index contributed by atoms with van der Waals surface area (Å²) in [7, 11) is 0. The van der Waals surface area contributed by atoms with Gasteiger partial charge in [0.15, 0.2) is 0 Å². The Morgan fingerprint density at radius 1 is 0.353 bits per heavy atom. The Hall–Kier alpha value is -6.42. The summed E-state index contributed by atoms with van der Waals surface area (Å²) >= 11 is 1.88. The molecule has 0 aliphatic rings. The highest BCUT2D eigenvalue weighted by atomic mass is 32.1. The molecule has 11 aromatic rings. The smallest absolute Gasteiger partial charge is 0.135 e. The fraction of sp³-hybridized carbons (Fsp3) is 0. The molecule has 0 atom stereocenters. The van der Waals surface area contributed by atoms with Crippen LogP contribution in [-0.2, 0) is 0 Å². The van der Waals surface area contributed by atoms with Gasteiger partial charge >= 0.3 is 0 Å². The molecule has 0 fully saturated rings. The van der Waals surface area contributed by atoms with E-state index in [4.69, 9.17) is 4.42 Å². The van der Waals surface area contributed by atoms with Crippen molar-refractivity contribution >= 4 is 75.3 Å². The van der Waals surface area contributed by atoms with E-state index in [1.165, 1.54) is 81.0 Å². The van der Waals surface area contributed by atoms with Crippen LogP contribution in [0.25, 0.3) is 103 Å². The van der Waals surface area contributed by atoms with Gasteiger partial charge in [-0.05, 0) is 94.0 Å². The molecule has 0 aliphatic heterocycles. The first kappa shape index (κ1) is 28.4. The molecule has 0 bridgehead atoms. The highest BCUT2D eigenvalue weighted by Crippen LogP contribution is 2.43. The Balaban J connectivity index is 1.12. The SMILES string of the molecule is c1ccc(-c2ccc3c(c2)c2cc(-c4ccccc4)ccc2n3-c2cccc3c2sc2ccc(-c4ccc5oc6ccccc6c5c4)cc23)cc1. The maximum Gasteiger partial charge on any atom is 0.135 e. The Labute approximate surface area is 298 Å². The number of furan rings is 1. The number of para-hydroxylation sites is 1. The second-order valence-electron chi connectivity index (χ2n) is 13.3. The lowest BCUT2D eigenvalue weighted by molar-refractivity contribution is 0.669. The van der Waals surface area contributed by atoms with Gasteiger partial charge in [-0.15, -0.1) is 11.3 Å². The first-order chi connectivity index (χ1) is 25.3. The normalized spacial score (nSPS) is 11.9. The molecule has 0 aliphatic carbocycles. The Bertz CT molecular complexity index is 3030. The van der Waals surface area contributed by atoms with Gasteiger partial charge in [0.25, 0.3) is 0 Å². The lowest BCUT2D eigenvalue weighted by Crippen LogP contribution is -1.94. The Morgan fingerprint density at radius 2 is 0.882 bits per heavy atom. The van der Waals surface area contributed by atoms with E-state index in [0.29, 0.717) is 0 Å². The number of aromatic nitrogens is 1. The molecular formula is C48H29NOS. The molecule has 0 amide bonds. The third-order valence-electron chi connectivity index (χ3n) is 10.4. The molecule has 51 heavy (non-hydrogen) atoms. The number of benzene rings is 8. The van der Waals surface area contributed by atoms with E-state index < -0.39 is 0 Å². The summed E-state index contributed by atoms with van der Waals surface area (Å²) in [6.45, 7) is 0. The summed E-state index contributed by atoms with van der Waals surface area (Å²) in [5.74, 6) is 0. The van der Waals surface area contributed by atoms with Crippen LogP contribution in [0, 0.1) is 0 Å². The van der Waals surface area contributed by atoms with Gasteiger partial charge in [-0.25, -0.2) is 0 Å². The number of hydrogen-bond acceptors (Lipinski definition) is 2. The second kappa shape index (κ2) is 11.0. The van der Waals surface area contributed by atoms with Crippen molar-refractivity contribution in [2.45, 2.75) is 0 Å². The van der Waals surface area contributed by atoms with Gasteiger partial charge in [-0.3, -0.25) is 0 Å². The van der Waals surface area contributed by atoms with E-state index in [-0.39, 0.29) is 0 Å². The molecule has 238 valence electrons. The maximum absolute atomic E-state index is 6.13. The average Bonchev–Trinajstić information content (AvgIpc) is 3.87. The predicted molar refractivity (Wildman–Crippen MR) is 217 cm³/mol. The van der Waals surface area contributed by atoms with Crippen LogP contribution in [-0.4, -0.2) is 4.57 Å². The maximum atomic E-state index is 6.13. The van der Waals surface area contributed by atoms with Crippen LogP contribution in [0.3, 0.4) is 0 Å². The monoisotopic (exact) mass is 667 g/mol. The minimum Gasteiger partial charge on any atom is -0.456 e. The van der Waals surface area contributed by atoms with Crippen LogP contribution in [0.1, 0.15) is 0 Å². The van der Waals surface area contributed by atoms with Crippen molar-refractivity contribution in [3.8, 4) is 39.1 Å². The van der Waals surface area contributed by atoms with Gasteiger partial charge in [0.2, 0.25) is 0 Å². The lowest BCUT2D eigenvalue weighted by atomic mass is 10.0. The van der Waals surface area contributed by atoms with E-state index in [1.807, 2.05) is 23.5 Å². The van der Waals surface area contributed by atoms with Crippen LogP contribution in [0.15, 0.2) is 180 Å². The van der Waals surface area contributed by atoms with Crippen molar-refractivity contribution < 1.29 is 4.42 Å². The van der Waals surface area contributed by atoms with Crippen molar-refractivity contribution in [2.75, 3.05) is 0 Å². The van der Waals surface area contributed by atoms with Crippen LogP contribution in [0.2, 0.25) is 0 Å². The first-order valence-electron chi connectivity index (χ1n) is 17.3. The van der Waals surface area contributed by atoms with Crippen molar-refractivity contribution in [3.05, 3.63) is 176 Å². The molecule has 0 radical (unpaired) electrons. The molecule has 3 aromatic heterocycles. The van der Waals surface area contributed by atoms with Crippen LogP contribution in [0.5, 0.6) is 0 Å². The minimum absolute atomic E-state index is 0.921. The second-order valence-corrected chi connectivity index (χ2v) is 14.4. The fourth-order valence-electron chi connectivity index (χ4n) is 7.95. The Kier molecular flexibility index (Phi) is 6.16. The van der Waals surface area contributed by atoms with E-state index in [1.54, 1.807) is 0 Å². The van der Waals surface area contributed by atoms with E-state index in [0.717, 1.165) is 21.9 Å². The molecule has 0 N–H and O–H groups in total. The number of nitrogens with zero attached hydrogens (tertiary/aromatic N) is 1. The zero-order valence-electron chi connectivity index (χ0n) is 27.5.